The van der Waals surface area contributed by atoms with Crippen molar-refractivity contribution in [3.63, 3.8) is 0 Å². The van der Waals surface area contributed by atoms with E-state index in [0.717, 1.165) is 43.2 Å². The van der Waals surface area contributed by atoms with Gasteiger partial charge in [0, 0.05) is 6.61 Å². The fourth-order valence-corrected chi connectivity index (χ4v) is 4.24. The molecule has 0 fully saturated rings. The van der Waals surface area contributed by atoms with Gasteiger partial charge in [0.05, 0.1) is 6.10 Å². The zero-order valence-electron chi connectivity index (χ0n) is 20.3. The molecule has 3 unspecified atom stereocenters. The van der Waals surface area contributed by atoms with Crippen LogP contribution in [0, 0.1) is 0 Å². The van der Waals surface area contributed by atoms with Gasteiger partial charge in [0.15, 0.2) is 0 Å². The maximum Gasteiger partial charge on any atom is 0.314 e. The summed E-state index contributed by atoms with van der Waals surface area (Å²) in [6.07, 6.45) is 7.96. The lowest BCUT2D eigenvalue weighted by Crippen LogP contribution is -2.35. The van der Waals surface area contributed by atoms with Crippen LogP contribution in [0.4, 0.5) is 4.39 Å². The third-order valence-corrected chi connectivity index (χ3v) is 6.24. The SMILES string of the molecule is CCCCCCCCOC(CCCCC)C(F)C(C(=O)O)c1ccc(-c2ccccc2)cc1. The van der Waals surface area contributed by atoms with Crippen LogP contribution in [0.2, 0.25) is 0 Å². The number of carboxylic acids is 1. The standard InChI is InChI=1S/C29H41FO3/c1-3-5-7-8-9-14-22-33-26(17-11-6-4-2)28(30)27(29(31)32)25-20-18-24(19-21-25)23-15-12-10-13-16-23/h10,12-13,15-16,18-21,26-28H,3-9,11,14,17,22H2,1-2H3,(H,31,32). The predicted molar refractivity (Wildman–Crippen MR) is 134 cm³/mol. The molecule has 2 aromatic carbocycles. The van der Waals surface area contributed by atoms with Gasteiger partial charge in [-0.15, -0.1) is 0 Å². The van der Waals surface area contributed by atoms with E-state index in [-0.39, 0.29) is 0 Å². The summed E-state index contributed by atoms with van der Waals surface area (Å²) in [5, 5.41) is 9.90. The molecule has 0 saturated heterocycles. The van der Waals surface area contributed by atoms with Crippen molar-refractivity contribution < 1.29 is 19.0 Å². The van der Waals surface area contributed by atoms with E-state index in [1.807, 2.05) is 42.5 Å². The lowest BCUT2D eigenvalue weighted by Gasteiger charge is -2.26. The maximum absolute atomic E-state index is 15.7. The summed E-state index contributed by atoms with van der Waals surface area (Å²) in [6.45, 7) is 4.79. The molecule has 0 heterocycles. The van der Waals surface area contributed by atoms with Crippen LogP contribution in [0.15, 0.2) is 54.6 Å². The van der Waals surface area contributed by atoms with Gasteiger partial charge in [-0.05, 0) is 29.5 Å². The van der Waals surface area contributed by atoms with Gasteiger partial charge < -0.3 is 9.84 Å². The number of halogens is 1. The van der Waals surface area contributed by atoms with Crippen molar-refractivity contribution in [1.82, 2.24) is 0 Å². The molecule has 1 N–H and O–H groups in total. The first kappa shape index (κ1) is 27.0. The van der Waals surface area contributed by atoms with Crippen LogP contribution in [0.1, 0.15) is 89.5 Å². The lowest BCUT2D eigenvalue weighted by atomic mass is 9.88. The second kappa shape index (κ2) is 15.6. The second-order valence-corrected chi connectivity index (χ2v) is 8.92. The molecule has 182 valence electrons. The first-order valence-electron chi connectivity index (χ1n) is 12.7. The molecule has 0 bridgehead atoms. The first-order valence-corrected chi connectivity index (χ1v) is 12.7. The van der Waals surface area contributed by atoms with Crippen LogP contribution in [0.3, 0.4) is 0 Å². The molecule has 33 heavy (non-hydrogen) atoms. The third-order valence-electron chi connectivity index (χ3n) is 6.24. The Kier molecular flexibility index (Phi) is 12.8. The fourth-order valence-electron chi connectivity index (χ4n) is 4.24. The maximum atomic E-state index is 15.7. The highest BCUT2D eigenvalue weighted by Gasteiger charge is 2.36. The number of aliphatic carboxylic acids is 1. The summed E-state index contributed by atoms with van der Waals surface area (Å²) >= 11 is 0. The Labute approximate surface area is 199 Å². The number of ether oxygens (including phenoxy) is 1. The number of carboxylic acid groups (broad SMARTS) is 1. The number of unbranched alkanes of at least 4 members (excludes halogenated alkanes) is 7. The van der Waals surface area contributed by atoms with Crippen LogP contribution >= 0.6 is 0 Å². The highest BCUT2D eigenvalue weighted by Crippen LogP contribution is 2.30. The van der Waals surface area contributed by atoms with Crippen molar-refractivity contribution in [3.05, 3.63) is 60.2 Å². The largest absolute Gasteiger partial charge is 0.481 e. The van der Waals surface area contributed by atoms with Crippen LogP contribution in [0.5, 0.6) is 0 Å². The number of rotatable bonds is 17. The Hall–Kier alpha value is -2.20. The highest BCUT2D eigenvalue weighted by molar-refractivity contribution is 5.77. The summed E-state index contributed by atoms with van der Waals surface area (Å²) in [5.74, 6) is -2.37. The van der Waals surface area contributed by atoms with Gasteiger partial charge in [0.2, 0.25) is 0 Å². The zero-order valence-corrected chi connectivity index (χ0v) is 20.3. The average molecular weight is 457 g/mol. The fraction of sp³-hybridized carbons (Fsp3) is 0.552. The molecule has 3 atom stereocenters. The first-order chi connectivity index (χ1) is 16.1. The minimum absolute atomic E-state index is 0.485. The number of hydrogen-bond acceptors (Lipinski definition) is 2. The zero-order chi connectivity index (χ0) is 23.9. The Morgan fingerprint density at radius 2 is 1.39 bits per heavy atom. The van der Waals surface area contributed by atoms with Crippen molar-refractivity contribution in [1.29, 1.82) is 0 Å². The molecule has 2 rings (SSSR count). The predicted octanol–water partition coefficient (Wildman–Crippen LogP) is 8.19. The number of carbonyl (C=O) groups is 1. The van der Waals surface area contributed by atoms with Gasteiger partial charge in [-0.1, -0.05) is 120 Å². The normalized spacial score (nSPS) is 14.0. The van der Waals surface area contributed by atoms with Gasteiger partial charge in [-0.2, -0.15) is 0 Å². The van der Waals surface area contributed by atoms with Crippen molar-refractivity contribution in [3.8, 4) is 11.1 Å². The Morgan fingerprint density at radius 1 is 0.818 bits per heavy atom. The lowest BCUT2D eigenvalue weighted by molar-refractivity contribution is -0.143. The van der Waals surface area contributed by atoms with E-state index in [2.05, 4.69) is 13.8 Å². The molecule has 2 aromatic rings. The summed E-state index contributed by atoms with van der Waals surface area (Å²) in [4.78, 5) is 12.1. The summed E-state index contributed by atoms with van der Waals surface area (Å²) in [5.41, 5.74) is 2.52. The summed E-state index contributed by atoms with van der Waals surface area (Å²) in [7, 11) is 0. The molecular weight excluding hydrogens is 415 g/mol. The number of hydrogen-bond donors (Lipinski definition) is 1. The van der Waals surface area contributed by atoms with Crippen molar-refractivity contribution >= 4 is 5.97 Å². The molecule has 0 aliphatic rings. The highest BCUT2D eigenvalue weighted by atomic mass is 19.1. The monoisotopic (exact) mass is 456 g/mol. The summed E-state index contributed by atoms with van der Waals surface area (Å²) in [6, 6.07) is 17.1. The van der Waals surface area contributed by atoms with Gasteiger partial charge in [0.1, 0.15) is 12.1 Å². The molecule has 0 saturated carbocycles. The van der Waals surface area contributed by atoms with E-state index in [0.29, 0.717) is 18.6 Å². The molecule has 0 aromatic heterocycles. The van der Waals surface area contributed by atoms with E-state index in [1.165, 1.54) is 25.7 Å². The van der Waals surface area contributed by atoms with E-state index in [4.69, 9.17) is 4.74 Å². The van der Waals surface area contributed by atoms with E-state index < -0.39 is 24.2 Å². The van der Waals surface area contributed by atoms with Crippen molar-refractivity contribution in [2.45, 2.75) is 96.2 Å². The van der Waals surface area contributed by atoms with Gasteiger partial charge in [-0.3, -0.25) is 4.79 Å². The van der Waals surface area contributed by atoms with Gasteiger partial charge in [-0.25, -0.2) is 4.39 Å². The minimum atomic E-state index is -1.58. The number of benzene rings is 2. The second-order valence-electron chi connectivity index (χ2n) is 8.92. The van der Waals surface area contributed by atoms with Crippen molar-refractivity contribution in [2.75, 3.05) is 6.61 Å². The molecule has 4 heteroatoms. The van der Waals surface area contributed by atoms with Crippen LogP contribution in [0.25, 0.3) is 11.1 Å². The van der Waals surface area contributed by atoms with Gasteiger partial charge >= 0.3 is 5.97 Å². The molecular formula is C29H41FO3. The Bertz CT molecular complexity index is 775. The molecule has 0 aliphatic heterocycles. The van der Waals surface area contributed by atoms with E-state index in [1.54, 1.807) is 12.1 Å². The summed E-state index contributed by atoms with van der Waals surface area (Å²) < 4.78 is 21.7. The van der Waals surface area contributed by atoms with Crippen molar-refractivity contribution in [2.24, 2.45) is 0 Å². The molecule has 0 aliphatic carbocycles. The minimum Gasteiger partial charge on any atom is -0.481 e. The van der Waals surface area contributed by atoms with Gasteiger partial charge in [0.25, 0.3) is 0 Å². The third kappa shape index (κ3) is 9.29. The average Bonchev–Trinajstić information content (AvgIpc) is 2.83. The molecule has 0 amide bonds. The topological polar surface area (TPSA) is 46.5 Å². The Balaban J connectivity index is 2.05. The smallest absolute Gasteiger partial charge is 0.314 e. The van der Waals surface area contributed by atoms with E-state index in [9.17, 15) is 9.90 Å². The van der Waals surface area contributed by atoms with Crippen LogP contribution < -0.4 is 0 Å². The quantitative estimate of drug-likeness (QED) is 0.244. The van der Waals surface area contributed by atoms with E-state index >= 15 is 4.39 Å². The van der Waals surface area contributed by atoms with Crippen LogP contribution in [-0.2, 0) is 9.53 Å². The molecule has 0 radical (unpaired) electrons. The van der Waals surface area contributed by atoms with Crippen LogP contribution in [-0.4, -0.2) is 30.0 Å². The Morgan fingerprint density at radius 3 is 2.03 bits per heavy atom. The molecule has 0 spiro atoms. The number of alkyl halides is 1. The molecule has 3 nitrogen and oxygen atoms in total.